The minimum Gasteiger partial charge on any atom is -0.480 e. The molecule has 0 bridgehead atoms. The fraction of sp³-hybridized carbons (Fsp3) is 0.400. The molecule has 0 amide bonds. The lowest BCUT2D eigenvalue weighted by Gasteiger charge is -2.30. The molecule has 0 radical (unpaired) electrons. The van der Waals surface area contributed by atoms with Crippen LogP contribution in [0.25, 0.3) is 0 Å². The number of nitro benzene ring substituents is 1. The number of aliphatic carboxylic acids is 2. The number of nitrogens with one attached hydrogen (secondary N) is 1. The number of hydrogen-bond acceptors (Lipinski definition) is 10. The Labute approximate surface area is 250 Å². The summed E-state index contributed by atoms with van der Waals surface area (Å²) in [7, 11) is 0. The number of carbonyl (C=O) groups is 3. The molecule has 1 aliphatic heterocycles. The number of aldehydes is 1. The zero-order chi connectivity index (χ0) is 31.2. The van der Waals surface area contributed by atoms with E-state index >= 15 is 0 Å². The lowest BCUT2D eigenvalue weighted by molar-refractivity contribution is -0.384. The van der Waals surface area contributed by atoms with Crippen molar-refractivity contribution in [2.45, 2.75) is 25.9 Å². The van der Waals surface area contributed by atoms with Gasteiger partial charge in [-0.3, -0.25) is 34.3 Å². The minimum absolute atomic E-state index is 0.0104. The molecule has 3 rings (SSSR count). The van der Waals surface area contributed by atoms with Gasteiger partial charge in [0.1, 0.15) is 5.69 Å². The molecule has 3 N–H and O–H groups in total. The Kier molecular flexibility index (Phi) is 12.9. The highest BCUT2D eigenvalue weighted by Crippen LogP contribution is 2.13. The Morgan fingerprint density at radius 2 is 1.58 bits per heavy atom. The van der Waals surface area contributed by atoms with Gasteiger partial charge in [0, 0.05) is 69.7 Å². The van der Waals surface area contributed by atoms with Crippen LogP contribution < -0.4 is 5.32 Å². The zero-order valence-electron chi connectivity index (χ0n) is 24.2. The maximum absolute atomic E-state index is 11.6. The Morgan fingerprint density at radius 3 is 2.16 bits per heavy atom. The average Bonchev–Trinajstić information content (AvgIpc) is 2.96. The van der Waals surface area contributed by atoms with Crippen LogP contribution in [-0.2, 0) is 22.6 Å². The second-order valence-corrected chi connectivity index (χ2v) is 10.4. The Balaban J connectivity index is 1.71. The minimum atomic E-state index is -0.992. The third kappa shape index (κ3) is 12.1. The molecule has 0 aliphatic carbocycles. The SMILES string of the molecule is CC1C=CC=C(CN(CCN(CCc2ccc([N+](=O)[O-])cc2)CCN(CC(=O)O)Cc2cccc(C=O)n2)CC(=O)O)N1. The first-order valence-corrected chi connectivity index (χ1v) is 14.0. The molecule has 13 nitrogen and oxygen atoms in total. The van der Waals surface area contributed by atoms with Crippen LogP contribution in [0.3, 0.4) is 0 Å². The van der Waals surface area contributed by atoms with Gasteiger partial charge >= 0.3 is 11.9 Å². The van der Waals surface area contributed by atoms with E-state index in [9.17, 15) is 34.7 Å². The first-order chi connectivity index (χ1) is 20.6. The van der Waals surface area contributed by atoms with Crippen molar-refractivity contribution in [3.8, 4) is 0 Å². The van der Waals surface area contributed by atoms with Gasteiger partial charge in [-0.15, -0.1) is 0 Å². The maximum atomic E-state index is 11.6. The van der Waals surface area contributed by atoms with Crippen molar-refractivity contribution < 1.29 is 29.5 Å². The first kappa shape index (κ1) is 33.0. The van der Waals surface area contributed by atoms with E-state index in [4.69, 9.17) is 0 Å². The molecule has 13 heteroatoms. The fourth-order valence-corrected chi connectivity index (χ4v) is 4.73. The number of rotatable bonds is 19. The molecular formula is C30H38N6O7. The fourth-order valence-electron chi connectivity index (χ4n) is 4.73. The quantitative estimate of drug-likeness (QED) is 0.123. The van der Waals surface area contributed by atoms with Gasteiger partial charge in [-0.25, -0.2) is 4.98 Å². The molecule has 1 aromatic carbocycles. The van der Waals surface area contributed by atoms with Crippen molar-refractivity contribution in [1.29, 1.82) is 0 Å². The molecule has 43 heavy (non-hydrogen) atoms. The van der Waals surface area contributed by atoms with E-state index in [1.54, 1.807) is 35.2 Å². The van der Waals surface area contributed by atoms with Crippen LogP contribution in [0.15, 0.2) is 66.4 Å². The first-order valence-electron chi connectivity index (χ1n) is 14.0. The van der Waals surface area contributed by atoms with Gasteiger partial charge in [-0.1, -0.05) is 30.4 Å². The van der Waals surface area contributed by atoms with Crippen molar-refractivity contribution in [1.82, 2.24) is 25.0 Å². The van der Waals surface area contributed by atoms with Crippen molar-refractivity contribution in [2.75, 3.05) is 52.4 Å². The van der Waals surface area contributed by atoms with Gasteiger partial charge in [-0.05, 0) is 37.1 Å². The molecule has 1 aromatic heterocycles. The lowest BCUT2D eigenvalue weighted by atomic mass is 10.1. The van der Waals surface area contributed by atoms with Crippen molar-refractivity contribution in [2.24, 2.45) is 0 Å². The highest BCUT2D eigenvalue weighted by atomic mass is 16.6. The van der Waals surface area contributed by atoms with Crippen LogP contribution in [0, 0.1) is 10.1 Å². The van der Waals surface area contributed by atoms with E-state index in [-0.39, 0.29) is 37.1 Å². The molecule has 2 aromatic rings. The van der Waals surface area contributed by atoms with Crippen LogP contribution >= 0.6 is 0 Å². The Morgan fingerprint density at radius 1 is 0.953 bits per heavy atom. The summed E-state index contributed by atoms with van der Waals surface area (Å²) in [6, 6.07) is 11.5. The second-order valence-electron chi connectivity index (χ2n) is 10.4. The maximum Gasteiger partial charge on any atom is 0.317 e. The average molecular weight is 595 g/mol. The third-order valence-corrected chi connectivity index (χ3v) is 6.89. The summed E-state index contributed by atoms with van der Waals surface area (Å²) in [6.07, 6.45) is 7.12. The number of carbonyl (C=O) groups excluding carboxylic acids is 1. The molecule has 1 aliphatic rings. The van der Waals surface area contributed by atoms with Gasteiger partial charge in [0.05, 0.1) is 23.7 Å². The molecule has 230 valence electrons. The molecular weight excluding hydrogens is 556 g/mol. The number of non-ortho nitro benzene ring substituents is 1. The van der Waals surface area contributed by atoms with Gasteiger partial charge < -0.3 is 20.4 Å². The monoisotopic (exact) mass is 594 g/mol. The largest absolute Gasteiger partial charge is 0.480 e. The van der Waals surface area contributed by atoms with Crippen molar-refractivity contribution >= 4 is 23.9 Å². The summed E-state index contributed by atoms with van der Waals surface area (Å²) < 4.78 is 0. The zero-order valence-corrected chi connectivity index (χ0v) is 24.2. The van der Waals surface area contributed by atoms with E-state index < -0.39 is 16.9 Å². The number of nitro groups is 1. The van der Waals surface area contributed by atoms with Gasteiger partial charge in [-0.2, -0.15) is 0 Å². The van der Waals surface area contributed by atoms with Crippen LogP contribution in [0.1, 0.15) is 28.7 Å². The summed E-state index contributed by atoms with van der Waals surface area (Å²) in [5.41, 5.74) is 2.69. The molecule has 1 unspecified atom stereocenters. The summed E-state index contributed by atoms with van der Waals surface area (Å²) in [5, 5.41) is 33.4. The number of aromatic nitrogens is 1. The molecule has 0 saturated carbocycles. The highest BCUT2D eigenvalue weighted by molar-refractivity contribution is 5.71. The molecule has 1 atom stereocenters. The molecule has 0 fully saturated rings. The molecule has 0 saturated heterocycles. The van der Waals surface area contributed by atoms with E-state index in [1.807, 2.05) is 30.1 Å². The van der Waals surface area contributed by atoms with Crippen LogP contribution in [-0.4, -0.2) is 111 Å². The number of benzene rings is 1. The van der Waals surface area contributed by atoms with Crippen molar-refractivity contribution in [3.05, 3.63) is 93.5 Å². The third-order valence-electron chi connectivity index (χ3n) is 6.89. The van der Waals surface area contributed by atoms with E-state index in [2.05, 4.69) is 15.2 Å². The van der Waals surface area contributed by atoms with E-state index in [0.29, 0.717) is 57.7 Å². The summed E-state index contributed by atoms with van der Waals surface area (Å²) >= 11 is 0. The Hall–Kier alpha value is -4.46. The molecule has 0 spiro atoms. The van der Waals surface area contributed by atoms with E-state index in [0.717, 1.165) is 11.3 Å². The number of dihydropyridines is 1. The second kappa shape index (κ2) is 16.9. The number of hydrogen-bond donors (Lipinski definition) is 3. The smallest absolute Gasteiger partial charge is 0.317 e. The Bertz CT molecular complexity index is 1310. The van der Waals surface area contributed by atoms with Crippen LogP contribution in [0.4, 0.5) is 5.69 Å². The number of pyridine rings is 1. The summed E-state index contributed by atoms with van der Waals surface area (Å²) in [4.78, 5) is 55.0. The molecule has 2 heterocycles. The number of nitrogens with zero attached hydrogens (tertiary/aromatic N) is 5. The normalized spacial score (nSPS) is 14.5. The number of carboxylic acid groups (broad SMARTS) is 2. The van der Waals surface area contributed by atoms with Crippen LogP contribution in [0.2, 0.25) is 0 Å². The summed E-state index contributed by atoms with van der Waals surface area (Å²) in [5.74, 6) is -1.93. The highest BCUT2D eigenvalue weighted by Gasteiger charge is 2.18. The van der Waals surface area contributed by atoms with E-state index in [1.165, 1.54) is 12.1 Å². The summed E-state index contributed by atoms with van der Waals surface area (Å²) in [6.45, 7) is 4.71. The number of carboxylic acids is 2. The van der Waals surface area contributed by atoms with Gasteiger partial charge in [0.2, 0.25) is 0 Å². The van der Waals surface area contributed by atoms with Crippen molar-refractivity contribution in [3.63, 3.8) is 0 Å². The number of allylic oxidation sites excluding steroid dienone is 2. The topological polar surface area (TPSA) is 169 Å². The predicted molar refractivity (Wildman–Crippen MR) is 160 cm³/mol. The predicted octanol–water partition coefficient (Wildman–Crippen LogP) is 2.05. The lowest BCUT2D eigenvalue weighted by Crippen LogP contribution is -2.44. The van der Waals surface area contributed by atoms with Gasteiger partial charge in [0.25, 0.3) is 5.69 Å². The van der Waals surface area contributed by atoms with Gasteiger partial charge in [0.15, 0.2) is 6.29 Å². The van der Waals surface area contributed by atoms with Crippen LogP contribution in [0.5, 0.6) is 0 Å². The standard InChI is InChI=1S/C30H38N6O7/c1-23-4-2-5-25(31-23)18-34(20-29(38)39)16-14-33(13-12-24-8-10-28(11-9-24)36(42)43)15-17-35(21-30(40)41)19-26-6-3-7-27(22-37)32-26/h2-11,22-23,31H,12-21H2,1H3,(H,38,39)(H,40,41).